The van der Waals surface area contributed by atoms with E-state index >= 15 is 0 Å². The normalized spacial score (nSPS) is 14.2. The Hall–Kier alpha value is -1.79. The number of rotatable bonds is 2. The van der Waals surface area contributed by atoms with Gasteiger partial charge < -0.3 is 11.1 Å². The van der Waals surface area contributed by atoms with Crippen molar-refractivity contribution < 1.29 is 4.79 Å². The highest BCUT2D eigenvalue weighted by Gasteiger charge is 2.16. The average Bonchev–Trinajstić information content (AvgIpc) is 2.87. The Labute approximate surface area is 108 Å². The van der Waals surface area contributed by atoms with Crippen molar-refractivity contribution in [3.8, 4) is 10.6 Å². The molecule has 2 heterocycles. The number of carbonyl (C=O) groups excluding carboxylic acids is 1. The van der Waals surface area contributed by atoms with Crippen molar-refractivity contribution >= 4 is 22.9 Å². The SMILES string of the molecule is NCc1nnc(-c2ccc3c(c2)CCC(=O)N3)s1. The van der Waals surface area contributed by atoms with Crippen LogP contribution in [0.25, 0.3) is 10.6 Å². The molecule has 1 aliphatic heterocycles. The lowest BCUT2D eigenvalue weighted by molar-refractivity contribution is -0.116. The van der Waals surface area contributed by atoms with Gasteiger partial charge in [0.1, 0.15) is 10.0 Å². The van der Waals surface area contributed by atoms with Gasteiger partial charge in [-0.1, -0.05) is 11.3 Å². The number of aryl methyl sites for hydroxylation is 1. The average molecular weight is 260 g/mol. The number of aromatic nitrogens is 2. The number of amides is 1. The summed E-state index contributed by atoms with van der Waals surface area (Å²) >= 11 is 1.50. The number of anilines is 1. The molecule has 6 heteroatoms. The second-order valence-corrected chi connectivity index (χ2v) is 5.19. The van der Waals surface area contributed by atoms with Crippen LogP contribution in [-0.4, -0.2) is 16.1 Å². The Morgan fingerprint density at radius 3 is 3.00 bits per heavy atom. The lowest BCUT2D eigenvalue weighted by Gasteiger charge is -2.16. The van der Waals surface area contributed by atoms with E-state index in [9.17, 15) is 4.79 Å². The first-order valence-electron chi connectivity index (χ1n) is 5.72. The van der Waals surface area contributed by atoms with Crippen molar-refractivity contribution in [2.24, 2.45) is 5.73 Å². The maximum atomic E-state index is 11.3. The summed E-state index contributed by atoms with van der Waals surface area (Å²) in [6, 6.07) is 5.94. The van der Waals surface area contributed by atoms with Crippen LogP contribution in [0.4, 0.5) is 5.69 Å². The summed E-state index contributed by atoms with van der Waals surface area (Å²) in [5, 5.41) is 12.7. The van der Waals surface area contributed by atoms with E-state index in [4.69, 9.17) is 5.73 Å². The van der Waals surface area contributed by atoms with Crippen LogP contribution in [0.1, 0.15) is 17.0 Å². The number of nitrogens with zero attached hydrogens (tertiary/aromatic N) is 2. The number of fused-ring (bicyclic) bond motifs is 1. The summed E-state index contributed by atoms with van der Waals surface area (Å²) in [7, 11) is 0. The molecule has 0 spiro atoms. The van der Waals surface area contributed by atoms with Crippen LogP contribution in [0.2, 0.25) is 0 Å². The Kier molecular flexibility index (Phi) is 2.81. The highest BCUT2D eigenvalue weighted by molar-refractivity contribution is 7.14. The molecule has 0 radical (unpaired) electrons. The van der Waals surface area contributed by atoms with E-state index in [1.165, 1.54) is 11.3 Å². The van der Waals surface area contributed by atoms with Gasteiger partial charge >= 0.3 is 0 Å². The summed E-state index contributed by atoms with van der Waals surface area (Å²) in [5.41, 5.74) is 8.61. The number of carbonyl (C=O) groups is 1. The molecule has 1 aliphatic rings. The molecule has 5 nitrogen and oxygen atoms in total. The Morgan fingerprint density at radius 1 is 1.33 bits per heavy atom. The van der Waals surface area contributed by atoms with Crippen LogP contribution in [0.5, 0.6) is 0 Å². The van der Waals surface area contributed by atoms with Gasteiger partial charge in [-0.2, -0.15) is 0 Å². The summed E-state index contributed by atoms with van der Waals surface area (Å²) in [6.45, 7) is 0.415. The highest BCUT2D eigenvalue weighted by Crippen LogP contribution is 2.30. The van der Waals surface area contributed by atoms with Crippen molar-refractivity contribution in [1.29, 1.82) is 0 Å². The maximum absolute atomic E-state index is 11.3. The fraction of sp³-hybridized carbons (Fsp3) is 0.250. The third-order valence-electron chi connectivity index (χ3n) is 2.89. The lowest BCUT2D eigenvalue weighted by Crippen LogP contribution is -2.18. The fourth-order valence-electron chi connectivity index (χ4n) is 1.97. The van der Waals surface area contributed by atoms with Gasteiger partial charge in [0.15, 0.2) is 0 Å². The molecule has 3 N–H and O–H groups in total. The second kappa shape index (κ2) is 4.47. The van der Waals surface area contributed by atoms with E-state index in [1.807, 2.05) is 12.1 Å². The highest BCUT2D eigenvalue weighted by atomic mass is 32.1. The molecule has 0 atom stereocenters. The first-order valence-corrected chi connectivity index (χ1v) is 6.53. The van der Waals surface area contributed by atoms with Gasteiger partial charge in [0.05, 0.1) is 0 Å². The topological polar surface area (TPSA) is 80.9 Å². The third-order valence-corrected chi connectivity index (χ3v) is 3.88. The first-order chi connectivity index (χ1) is 8.76. The summed E-state index contributed by atoms with van der Waals surface area (Å²) in [5.74, 6) is 0.0802. The van der Waals surface area contributed by atoms with Crippen LogP contribution in [-0.2, 0) is 17.8 Å². The summed E-state index contributed by atoms with van der Waals surface area (Å²) in [4.78, 5) is 11.3. The molecule has 3 rings (SSSR count). The molecule has 0 fully saturated rings. The molecule has 0 unspecified atom stereocenters. The number of nitrogens with two attached hydrogens (primary N) is 1. The molecule has 0 aliphatic carbocycles. The van der Waals surface area contributed by atoms with Crippen LogP contribution in [0.15, 0.2) is 18.2 Å². The van der Waals surface area contributed by atoms with Crippen LogP contribution >= 0.6 is 11.3 Å². The molecule has 1 aromatic carbocycles. The Morgan fingerprint density at radius 2 is 2.22 bits per heavy atom. The van der Waals surface area contributed by atoms with Gasteiger partial charge in [-0.05, 0) is 30.2 Å². The minimum atomic E-state index is 0.0802. The van der Waals surface area contributed by atoms with E-state index in [0.717, 1.165) is 33.3 Å². The molecule has 0 saturated carbocycles. The maximum Gasteiger partial charge on any atom is 0.224 e. The van der Waals surface area contributed by atoms with Gasteiger partial charge in [-0.3, -0.25) is 4.79 Å². The lowest BCUT2D eigenvalue weighted by atomic mass is 10.0. The molecule has 1 aromatic heterocycles. The first kappa shape index (κ1) is 11.3. The third kappa shape index (κ3) is 2.00. The molecule has 1 amide bonds. The smallest absolute Gasteiger partial charge is 0.224 e. The molecule has 2 aromatic rings. The predicted molar refractivity (Wildman–Crippen MR) is 70.2 cm³/mol. The van der Waals surface area contributed by atoms with Crippen molar-refractivity contribution in [2.45, 2.75) is 19.4 Å². The number of benzene rings is 1. The van der Waals surface area contributed by atoms with E-state index in [1.54, 1.807) is 0 Å². The van der Waals surface area contributed by atoms with Gasteiger partial charge in [0, 0.05) is 24.2 Å². The van der Waals surface area contributed by atoms with Gasteiger partial charge in [0.25, 0.3) is 0 Å². The van der Waals surface area contributed by atoms with E-state index in [2.05, 4.69) is 21.6 Å². The quantitative estimate of drug-likeness (QED) is 0.858. The zero-order valence-electron chi connectivity index (χ0n) is 9.64. The number of nitrogens with one attached hydrogen (secondary N) is 1. The largest absolute Gasteiger partial charge is 0.326 e. The molecular formula is C12H12N4OS. The van der Waals surface area contributed by atoms with Crippen LogP contribution in [0, 0.1) is 0 Å². The Balaban J connectivity index is 1.97. The number of hydrogen-bond donors (Lipinski definition) is 2. The van der Waals surface area contributed by atoms with Gasteiger partial charge in [0.2, 0.25) is 5.91 Å². The Bertz CT molecular complexity index is 608. The minimum absolute atomic E-state index is 0.0802. The van der Waals surface area contributed by atoms with Crippen molar-refractivity contribution in [3.05, 3.63) is 28.8 Å². The molecule has 92 valence electrons. The summed E-state index contributed by atoms with van der Waals surface area (Å²) < 4.78 is 0. The van der Waals surface area contributed by atoms with Crippen LogP contribution in [0.3, 0.4) is 0 Å². The van der Waals surface area contributed by atoms with E-state index in [-0.39, 0.29) is 5.91 Å². The predicted octanol–water partition coefficient (Wildman–Crippen LogP) is 1.55. The standard InChI is InChI=1S/C12H12N4OS/c13-6-11-15-16-12(18-11)8-1-3-9-7(5-8)2-4-10(17)14-9/h1,3,5H,2,4,6,13H2,(H,14,17). The summed E-state index contributed by atoms with van der Waals surface area (Å²) in [6.07, 6.45) is 1.32. The number of hydrogen-bond acceptors (Lipinski definition) is 5. The molecule has 18 heavy (non-hydrogen) atoms. The molecular weight excluding hydrogens is 248 g/mol. The zero-order chi connectivity index (χ0) is 12.5. The van der Waals surface area contributed by atoms with E-state index in [0.29, 0.717) is 13.0 Å². The fourth-order valence-corrected chi connectivity index (χ4v) is 2.68. The van der Waals surface area contributed by atoms with Crippen molar-refractivity contribution in [1.82, 2.24) is 10.2 Å². The monoisotopic (exact) mass is 260 g/mol. The van der Waals surface area contributed by atoms with Crippen molar-refractivity contribution in [2.75, 3.05) is 5.32 Å². The van der Waals surface area contributed by atoms with Crippen LogP contribution < -0.4 is 11.1 Å². The molecule has 0 saturated heterocycles. The zero-order valence-corrected chi connectivity index (χ0v) is 10.5. The van der Waals surface area contributed by atoms with Crippen molar-refractivity contribution in [3.63, 3.8) is 0 Å². The second-order valence-electron chi connectivity index (χ2n) is 4.13. The minimum Gasteiger partial charge on any atom is -0.326 e. The van der Waals surface area contributed by atoms with Gasteiger partial charge in [-0.25, -0.2) is 0 Å². The molecule has 0 bridgehead atoms. The van der Waals surface area contributed by atoms with Gasteiger partial charge in [-0.15, -0.1) is 10.2 Å². The van der Waals surface area contributed by atoms with E-state index < -0.39 is 0 Å².